The van der Waals surface area contributed by atoms with Crippen molar-refractivity contribution in [2.75, 3.05) is 40.5 Å². The average Bonchev–Trinajstić information content (AvgIpc) is 2.78. The predicted octanol–water partition coefficient (Wildman–Crippen LogP) is 4.29. The average molecular weight is 399 g/mol. The van der Waals surface area contributed by atoms with E-state index in [0.717, 1.165) is 42.2 Å². The van der Waals surface area contributed by atoms with Gasteiger partial charge < -0.3 is 23.9 Å². The SMILES string of the molecule is CCN(CC)CCO/N=C1\C[C@H](c2ccc(OC)c(OC)c2)Oc2ccccc21. The number of likely N-dealkylation sites (N-methyl/N-ethyl adjacent to an activating group) is 1. The predicted molar refractivity (Wildman–Crippen MR) is 114 cm³/mol. The monoisotopic (exact) mass is 398 g/mol. The van der Waals surface area contributed by atoms with Crippen LogP contribution in [0.4, 0.5) is 0 Å². The van der Waals surface area contributed by atoms with Gasteiger partial charge in [-0.2, -0.15) is 0 Å². The number of benzene rings is 2. The van der Waals surface area contributed by atoms with Gasteiger partial charge >= 0.3 is 0 Å². The van der Waals surface area contributed by atoms with Gasteiger partial charge in [0.1, 0.15) is 18.5 Å². The second kappa shape index (κ2) is 10.2. The summed E-state index contributed by atoms with van der Waals surface area (Å²) in [6.45, 7) is 7.74. The molecule has 0 radical (unpaired) electrons. The highest BCUT2D eigenvalue weighted by Crippen LogP contribution is 2.38. The van der Waals surface area contributed by atoms with Gasteiger partial charge in [-0.25, -0.2) is 0 Å². The third-order valence-electron chi connectivity index (χ3n) is 5.19. The summed E-state index contributed by atoms with van der Waals surface area (Å²) < 4.78 is 17.1. The molecule has 6 nitrogen and oxygen atoms in total. The van der Waals surface area contributed by atoms with Gasteiger partial charge in [-0.1, -0.05) is 37.2 Å². The summed E-state index contributed by atoms with van der Waals surface area (Å²) in [7, 11) is 3.26. The lowest BCUT2D eigenvalue weighted by atomic mass is 9.95. The number of hydrogen-bond acceptors (Lipinski definition) is 6. The van der Waals surface area contributed by atoms with E-state index in [4.69, 9.17) is 19.0 Å². The van der Waals surface area contributed by atoms with Crippen LogP contribution in [-0.2, 0) is 4.84 Å². The fourth-order valence-corrected chi connectivity index (χ4v) is 3.45. The summed E-state index contributed by atoms with van der Waals surface area (Å²) in [5, 5.41) is 4.47. The topological polar surface area (TPSA) is 52.5 Å². The van der Waals surface area contributed by atoms with E-state index in [0.29, 0.717) is 24.5 Å². The van der Waals surface area contributed by atoms with Gasteiger partial charge in [-0.3, -0.25) is 0 Å². The zero-order valence-electron chi connectivity index (χ0n) is 17.7. The van der Waals surface area contributed by atoms with E-state index in [1.807, 2.05) is 42.5 Å². The van der Waals surface area contributed by atoms with Crippen molar-refractivity contribution in [3.8, 4) is 17.2 Å². The summed E-state index contributed by atoms with van der Waals surface area (Å²) in [5.41, 5.74) is 2.88. The van der Waals surface area contributed by atoms with Crippen LogP contribution >= 0.6 is 0 Å². The van der Waals surface area contributed by atoms with E-state index >= 15 is 0 Å². The van der Waals surface area contributed by atoms with Crippen molar-refractivity contribution in [2.24, 2.45) is 5.16 Å². The van der Waals surface area contributed by atoms with Crippen LogP contribution in [0.15, 0.2) is 47.6 Å². The third kappa shape index (κ3) is 5.01. The Morgan fingerprint density at radius 3 is 2.52 bits per heavy atom. The Morgan fingerprint density at radius 1 is 1.03 bits per heavy atom. The lowest BCUT2D eigenvalue weighted by molar-refractivity contribution is 0.112. The van der Waals surface area contributed by atoms with Crippen molar-refractivity contribution in [3.05, 3.63) is 53.6 Å². The third-order valence-corrected chi connectivity index (χ3v) is 5.19. The zero-order valence-corrected chi connectivity index (χ0v) is 17.7. The fourth-order valence-electron chi connectivity index (χ4n) is 3.45. The quantitative estimate of drug-likeness (QED) is 0.466. The molecule has 3 rings (SSSR count). The van der Waals surface area contributed by atoms with E-state index in [2.05, 4.69) is 23.9 Å². The molecule has 0 amide bonds. The van der Waals surface area contributed by atoms with Crippen molar-refractivity contribution < 1.29 is 19.0 Å². The zero-order chi connectivity index (χ0) is 20.6. The van der Waals surface area contributed by atoms with Gasteiger partial charge in [0.05, 0.1) is 19.9 Å². The van der Waals surface area contributed by atoms with Crippen molar-refractivity contribution in [2.45, 2.75) is 26.4 Å². The summed E-state index contributed by atoms with van der Waals surface area (Å²) in [6, 6.07) is 13.8. The normalized spacial score (nSPS) is 17.0. The van der Waals surface area contributed by atoms with Crippen LogP contribution in [-0.4, -0.2) is 51.1 Å². The molecule has 156 valence electrons. The van der Waals surface area contributed by atoms with Crippen LogP contribution < -0.4 is 14.2 Å². The minimum absolute atomic E-state index is 0.171. The first-order valence-electron chi connectivity index (χ1n) is 10.1. The molecule has 29 heavy (non-hydrogen) atoms. The second-order valence-electron chi connectivity index (χ2n) is 6.82. The first-order chi connectivity index (χ1) is 14.2. The van der Waals surface area contributed by atoms with Crippen molar-refractivity contribution in [3.63, 3.8) is 0 Å². The largest absolute Gasteiger partial charge is 0.493 e. The number of rotatable bonds is 9. The van der Waals surface area contributed by atoms with Crippen LogP contribution in [0.25, 0.3) is 0 Å². The lowest BCUT2D eigenvalue weighted by Gasteiger charge is -2.27. The highest BCUT2D eigenvalue weighted by molar-refractivity contribution is 6.03. The summed E-state index contributed by atoms with van der Waals surface area (Å²) in [4.78, 5) is 7.99. The van der Waals surface area contributed by atoms with Crippen LogP contribution in [0.3, 0.4) is 0 Å². The molecular formula is C23H30N2O4. The number of methoxy groups -OCH3 is 2. The van der Waals surface area contributed by atoms with Gasteiger partial charge in [-0.05, 0) is 42.9 Å². The molecule has 0 aliphatic carbocycles. The van der Waals surface area contributed by atoms with Gasteiger partial charge in [0.15, 0.2) is 11.5 Å². The number of ether oxygens (including phenoxy) is 3. The Morgan fingerprint density at radius 2 is 1.79 bits per heavy atom. The summed E-state index contributed by atoms with van der Waals surface area (Å²) in [6.07, 6.45) is 0.451. The molecule has 0 aromatic heterocycles. The summed E-state index contributed by atoms with van der Waals surface area (Å²) >= 11 is 0. The molecule has 0 N–H and O–H groups in total. The Kier molecular flexibility index (Phi) is 7.36. The standard InChI is InChI=1S/C23H30N2O4/c1-5-25(6-2)13-14-28-24-19-16-22(29-20-10-8-7-9-18(19)20)17-11-12-21(26-3)23(15-17)27-4/h7-12,15,22H,5-6,13-14,16H2,1-4H3/b24-19+/t22-/m1/s1. The van der Waals surface area contributed by atoms with Crippen molar-refractivity contribution >= 4 is 5.71 Å². The highest BCUT2D eigenvalue weighted by atomic mass is 16.6. The molecule has 1 heterocycles. The molecule has 1 atom stereocenters. The smallest absolute Gasteiger partial charge is 0.161 e. The minimum atomic E-state index is -0.171. The molecular weight excluding hydrogens is 368 g/mol. The van der Waals surface area contributed by atoms with Gasteiger partial charge in [0.2, 0.25) is 0 Å². The maximum Gasteiger partial charge on any atom is 0.161 e. The fraction of sp³-hybridized carbons (Fsp3) is 0.435. The van der Waals surface area contributed by atoms with Gasteiger partial charge in [0, 0.05) is 18.5 Å². The Labute approximate surface area is 173 Å². The van der Waals surface area contributed by atoms with Gasteiger partial charge in [0.25, 0.3) is 0 Å². The van der Waals surface area contributed by atoms with Crippen LogP contribution in [0.2, 0.25) is 0 Å². The van der Waals surface area contributed by atoms with Crippen LogP contribution in [0.5, 0.6) is 17.2 Å². The molecule has 0 bridgehead atoms. The number of oxime groups is 1. The van der Waals surface area contributed by atoms with Crippen molar-refractivity contribution in [1.29, 1.82) is 0 Å². The molecule has 6 heteroatoms. The van der Waals surface area contributed by atoms with E-state index in [-0.39, 0.29) is 6.10 Å². The number of para-hydroxylation sites is 1. The van der Waals surface area contributed by atoms with E-state index in [1.54, 1.807) is 14.2 Å². The molecule has 0 spiro atoms. The summed E-state index contributed by atoms with van der Waals surface area (Å²) in [5.74, 6) is 2.19. The second-order valence-corrected chi connectivity index (χ2v) is 6.82. The molecule has 2 aromatic carbocycles. The first kappa shape index (κ1) is 21.0. The number of nitrogens with zero attached hydrogens (tertiary/aromatic N) is 2. The first-order valence-corrected chi connectivity index (χ1v) is 10.1. The Bertz CT molecular complexity index is 833. The number of fused-ring (bicyclic) bond motifs is 1. The maximum absolute atomic E-state index is 6.26. The molecule has 0 saturated heterocycles. The van der Waals surface area contributed by atoms with E-state index < -0.39 is 0 Å². The minimum Gasteiger partial charge on any atom is -0.493 e. The molecule has 0 unspecified atom stereocenters. The van der Waals surface area contributed by atoms with Crippen LogP contribution in [0, 0.1) is 0 Å². The number of hydrogen-bond donors (Lipinski definition) is 0. The van der Waals surface area contributed by atoms with Gasteiger partial charge in [-0.15, -0.1) is 0 Å². The highest BCUT2D eigenvalue weighted by Gasteiger charge is 2.27. The van der Waals surface area contributed by atoms with Crippen molar-refractivity contribution in [1.82, 2.24) is 4.90 Å². The molecule has 1 aliphatic heterocycles. The molecule has 0 fully saturated rings. The van der Waals surface area contributed by atoms with Crippen LogP contribution in [0.1, 0.15) is 37.5 Å². The Balaban J connectivity index is 1.80. The molecule has 2 aromatic rings. The maximum atomic E-state index is 6.26. The molecule has 0 saturated carbocycles. The van der Waals surface area contributed by atoms with E-state index in [1.165, 1.54) is 0 Å². The lowest BCUT2D eigenvalue weighted by Crippen LogP contribution is -2.27. The molecule has 1 aliphatic rings. The van der Waals surface area contributed by atoms with E-state index in [9.17, 15) is 0 Å². The Hall–Kier alpha value is -2.73.